The van der Waals surface area contributed by atoms with E-state index in [9.17, 15) is 4.79 Å². The van der Waals surface area contributed by atoms with Crippen molar-refractivity contribution < 1.29 is 4.79 Å². The highest BCUT2D eigenvalue weighted by atomic mass is 79.9. The number of anilines is 1. The van der Waals surface area contributed by atoms with Crippen LogP contribution in [0.2, 0.25) is 0 Å². The molecule has 0 radical (unpaired) electrons. The Hall–Kier alpha value is -1.81. The maximum Gasteiger partial charge on any atom is 0.251 e. The molecular weight excluding hydrogens is 316 g/mol. The van der Waals surface area contributed by atoms with Crippen molar-refractivity contribution in [2.75, 3.05) is 12.3 Å². The van der Waals surface area contributed by atoms with E-state index >= 15 is 0 Å². The van der Waals surface area contributed by atoms with Crippen molar-refractivity contribution in [1.82, 2.24) is 5.32 Å². The molecule has 3 nitrogen and oxygen atoms in total. The van der Waals surface area contributed by atoms with E-state index in [2.05, 4.69) is 21.2 Å². The van der Waals surface area contributed by atoms with Crippen LogP contribution in [0.4, 0.5) is 5.69 Å². The zero-order chi connectivity index (χ0) is 14.5. The number of hydrogen-bond acceptors (Lipinski definition) is 2. The van der Waals surface area contributed by atoms with Gasteiger partial charge in [0.25, 0.3) is 5.91 Å². The average molecular weight is 333 g/mol. The summed E-state index contributed by atoms with van der Waals surface area (Å²) < 4.78 is 0.980. The Bertz CT molecular complexity index is 608. The van der Waals surface area contributed by atoms with Gasteiger partial charge in [0.1, 0.15) is 0 Å². The highest BCUT2D eigenvalue weighted by molar-refractivity contribution is 9.10. The van der Waals surface area contributed by atoms with Crippen LogP contribution in [0.5, 0.6) is 0 Å². The second kappa shape index (κ2) is 6.57. The largest absolute Gasteiger partial charge is 0.399 e. The number of amides is 1. The lowest BCUT2D eigenvalue weighted by Crippen LogP contribution is -2.26. The molecule has 104 valence electrons. The Morgan fingerprint density at radius 3 is 2.55 bits per heavy atom. The fourth-order valence-electron chi connectivity index (χ4n) is 1.98. The molecule has 0 atom stereocenters. The molecule has 4 heteroatoms. The molecule has 0 saturated heterocycles. The summed E-state index contributed by atoms with van der Waals surface area (Å²) in [6, 6.07) is 13.3. The van der Waals surface area contributed by atoms with E-state index in [-0.39, 0.29) is 5.91 Å². The first-order valence-electron chi connectivity index (χ1n) is 6.45. The van der Waals surface area contributed by atoms with Gasteiger partial charge in [-0.3, -0.25) is 4.79 Å². The monoisotopic (exact) mass is 332 g/mol. The van der Waals surface area contributed by atoms with E-state index in [0.29, 0.717) is 12.1 Å². The second-order valence-electron chi connectivity index (χ2n) is 4.71. The minimum Gasteiger partial charge on any atom is -0.399 e. The lowest BCUT2D eigenvalue weighted by atomic mass is 10.1. The summed E-state index contributed by atoms with van der Waals surface area (Å²) >= 11 is 3.39. The van der Waals surface area contributed by atoms with Crippen molar-refractivity contribution in [3.63, 3.8) is 0 Å². The predicted octanol–water partition coefficient (Wildman–Crippen LogP) is 3.31. The van der Waals surface area contributed by atoms with Gasteiger partial charge in [0.2, 0.25) is 0 Å². The van der Waals surface area contributed by atoms with Gasteiger partial charge in [0, 0.05) is 22.3 Å². The molecule has 20 heavy (non-hydrogen) atoms. The topological polar surface area (TPSA) is 55.1 Å². The third-order valence-corrected chi connectivity index (χ3v) is 3.61. The van der Waals surface area contributed by atoms with E-state index in [0.717, 1.165) is 27.7 Å². The lowest BCUT2D eigenvalue weighted by molar-refractivity contribution is 0.0953. The van der Waals surface area contributed by atoms with Crippen molar-refractivity contribution in [3.05, 3.63) is 63.6 Å². The summed E-state index contributed by atoms with van der Waals surface area (Å²) in [6.45, 7) is 2.54. The molecule has 0 bridgehead atoms. The molecule has 0 aromatic heterocycles. The van der Waals surface area contributed by atoms with Crippen LogP contribution in [0.25, 0.3) is 0 Å². The van der Waals surface area contributed by atoms with Crippen molar-refractivity contribution in [1.29, 1.82) is 0 Å². The number of hydrogen-bond donors (Lipinski definition) is 2. The Kier molecular flexibility index (Phi) is 4.79. The Balaban J connectivity index is 1.90. The highest BCUT2D eigenvalue weighted by Gasteiger charge is 2.08. The first-order valence-corrected chi connectivity index (χ1v) is 7.24. The molecule has 0 fully saturated rings. The van der Waals surface area contributed by atoms with Gasteiger partial charge in [-0.2, -0.15) is 0 Å². The van der Waals surface area contributed by atoms with Crippen LogP contribution >= 0.6 is 15.9 Å². The standard InChI is InChI=1S/C16H17BrN2O/c1-11-10-13(17)4-7-15(11)16(20)19-9-8-12-2-5-14(18)6-3-12/h2-7,10H,8-9,18H2,1H3,(H,19,20). The van der Waals surface area contributed by atoms with Gasteiger partial charge in [0.05, 0.1) is 0 Å². The summed E-state index contributed by atoms with van der Waals surface area (Å²) in [5.74, 6) is -0.0366. The number of aryl methyl sites for hydroxylation is 1. The Labute approximate surface area is 127 Å². The van der Waals surface area contributed by atoms with Crippen molar-refractivity contribution in [2.24, 2.45) is 0 Å². The lowest BCUT2D eigenvalue weighted by Gasteiger charge is -2.08. The number of halogens is 1. The summed E-state index contributed by atoms with van der Waals surface area (Å²) in [4.78, 5) is 12.1. The van der Waals surface area contributed by atoms with Gasteiger partial charge < -0.3 is 11.1 Å². The molecular formula is C16H17BrN2O. The van der Waals surface area contributed by atoms with Gasteiger partial charge in [-0.05, 0) is 54.8 Å². The van der Waals surface area contributed by atoms with E-state index < -0.39 is 0 Å². The Morgan fingerprint density at radius 2 is 1.90 bits per heavy atom. The number of nitrogen functional groups attached to an aromatic ring is 1. The molecule has 0 unspecified atom stereocenters. The maximum atomic E-state index is 12.1. The van der Waals surface area contributed by atoms with Crippen molar-refractivity contribution in [3.8, 4) is 0 Å². The van der Waals surface area contributed by atoms with Crippen LogP contribution < -0.4 is 11.1 Å². The van der Waals surface area contributed by atoms with Crippen molar-refractivity contribution in [2.45, 2.75) is 13.3 Å². The number of carbonyl (C=O) groups excluding carboxylic acids is 1. The summed E-state index contributed by atoms with van der Waals surface area (Å²) in [7, 11) is 0. The molecule has 0 heterocycles. The first kappa shape index (κ1) is 14.6. The van der Waals surface area contributed by atoms with Gasteiger partial charge in [-0.1, -0.05) is 28.1 Å². The van der Waals surface area contributed by atoms with E-state index in [4.69, 9.17) is 5.73 Å². The van der Waals surface area contributed by atoms with Gasteiger partial charge >= 0.3 is 0 Å². The molecule has 2 rings (SSSR count). The second-order valence-corrected chi connectivity index (χ2v) is 5.62. The molecule has 0 saturated carbocycles. The van der Waals surface area contributed by atoms with E-state index in [1.165, 1.54) is 0 Å². The smallest absolute Gasteiger partial charge is 0.251 e. The zero-order valence-electron chi connectivity index (χ0n) is 11.3. The van der Waals surface area contributed by atoms with Crippen LogP contribution in [-0.4, -0.2) is 12.5 Å². The summed E-state index contributed by atoms with van der Waals surface area (Å²) in [5, 5.41) is 2.94. The first-order chi connectivity index (χ1) is 9.56. The van der Waals surface area contributed by atoms with Crippen LogP contribution in [0.1, 0.15) is 21.5 Å². The van der Waals surface area contributed by atoms with Crippen LogP contribution in [0.3, 0.4) is 0 Å². The molecule has 2 aromatic carbocycles. The number of nitrogens with one attached hydrogen (secondary N) is 1. The van der Waals surface area contributed by atoms with Crippen LogP contribution in [-0.2, 0) is 6.42 Å². The number of carbonyl (C=O) groups is 1. The predicted molar refractivity (Wildman–Crippen MR) is 85.8 cm³/mol. The van der Waals surface area contributed by atoms with Gasteiger partial charge in [0.15, 0.2) is 0 Å². The number of nitrogens with two attached hydrogens (primary N) is 1. The van der Waals surface area contributed by atoms with Crippen LogP contribution in [0.15, 0.2) is 46.9 Å². The number of benzene rings is 2. The third kappa shape index (κ3) is 3.84. The molecule has 3 N–H and O–H groups in total. The fraction of sp³-hybridized carbons (Fsp3) is 0.188. The molecule has 0 aliphatic heterocycles. The van der Waals surface area contributed by atoms with E-state index in [1.54, 1.807) is 0 Å². The fourth-order valence-corrected chi connectivity index (χ4v) is 2.46. The van der Waals surface area contributed by atoms with Crippen molar-refractivity contribution >= 4 is 27.5 Å². The minimum atomic E-state index is -0.0366. The third-order valence-electron chi connectivity index (χ3n) is 3.11. The summed E-state index contributed by atoms with van der Waals surface area (Å²) in [5.41, 5.74) is 9.22. The molecule has 2 aromatic rings. The quantitative estimate of drug-likeness (QED) is 0.844. The molecule has 1 amide bonds. The number of rotatable bonds is 4. The normalized spacial score (nSPS) is 10.3. The minimum absolute atomic E-state index is 0.0366. The molecule has 0 aliphatic carbocycles. The maximum absolute atomic E-state index is 12.1. The Morgan fingerprint density at radius 1 is 1.20 bits per heavy atom. The summed E-state index contributed by atoms with van der Waals surface area (Å²) in [6.07, 6.45) is 0.793. The van der Waals surface area contributed by atoms with Gasteiger partial charge in [-0.25, -0.2) is 0 Å². The van der Waals surface area contributed by atoms with E-state index in [1.807, 2.05) is 49.4 Å². The average Bonchev–Trinajstić information content (AvgIpc) is 2.41. The van der Waals surface area contributed by atoms with Crippen LogP contribution in [0, 0.1) is 6.92 Å². The highest BCUT2D eigenvalue weighted by Crippen LogP contribution is 2.15. The zero-order valence-corrected chi connectivity index (χ0v) is 12.9. The molecule has 0 spiro atoms. The molecule has 0 aliphatic rings. The SMILES string of the molecule is Cc1cc(Br)ccc1C(=O)NCCc1ccc(N)cc1. The van der Waals surface area contributed by atoms with Gasteiger partial charge in [-0.15, -0.1) is 0 Å².